The number of aromatic nitrogens is 2. The molecule has 2 rings (SSSR count). The van der Waals surface area contributed by atoms with E-state index in [0.717, 1.165) is 26.2 Å². The van der Waals surface area contributed by atoms with Crippen LogP contribution in [0.2, 0.25) is 0 Å². The first-order valence-corrected chi connectivity index (χ1v) is 5.22. The summed E-state index contributed by atoms with van der Waals surface area (Å²) in [6.07, 6.45) is 1.86. The van der Waals surface area contributed by atoms with Gasteiger partial charge in [-0.3, -0.25) is 9.48 Å². The Bertz CT molecular complexity index is 332. The van der Waals surface area contributed by atoms with E-state index < -0.39 is 0 Å². The Hall–Kier alpha value is -1.03. The van der Waals surface area contributed by atoms with Crippen LogP contribution in [0.3, 0.4) is 0 Å². The molecule has 82 valence electrons. The number of rotatable bonds is 0. The fourth-order valence-corrected chi connectivity index (χ4v) is 1.53. The molecule has 1 aromatic heterocycles. The summed E-state index contributed by atoms with van der Waals surface area (Å²) in [6, 6.07) is 1.63. The monoisotopic (exact) mass is 199 g/mol. The Kier molecular flexibility index (Phi) is 3.95. The maximum Gasteiger partial charge on any atom is 0.266 e. The lowest BCUT2D eigenvalue weighted by molar-refractivity contribution is 0.338. The van der Waals surface area contributed by atoms with Gasteiger partial charge in [-0.25, -0.2) is 4.68 Å². The van der Waals surface area contributed by atoms with Crippen LogP contribution >= 0.6 is 0 Å². The average Bonchev–Trinajstić information content (AvgIpc) is 2.45. The van der Waals surface area contributed by atoms with Gasteiger partial charge in [-0.15, -0.1) is 0 Å². The van der Waals surface area contributed by atoms with Crippen molar-refractivity contribution in [2.24, 2.45) is 0 Å². The van der Waals surface area contributed by atoms with Crippen molar-refractivity contribution in [1.29, 1.82) is 0 Å². The van der Waals surface area contributed by atoms with Crippen molar-refractivity contribution >= 4 is 0 Å². The molecule has 1 aliphatic rings. The first-order valence-electron chi connectivity index (χ1n) is 5.22. The van der Waals surface area contributed by atoms with E-state index in [1.54, 1.807) is 10.7 Å². The highest BCUT2D eigenvalue weighted by Gasteiger charge is 2.09. The van der Waals surface area contributed by atoms with Crippen LogP contribution in [-0.4, -0.2) is 34.4 Å². The molecule has 14 heavy (non-hydrogen) atoms. The second-order valence-corrected chi connectivity index (χ2v) is 3.24. The lowest BCUT2D eigenvalue weighted by Gasteiger charge is -2.10. The predicted octanol–water partition coefficient (Wildman–Crippen LogP) is 0.867. The van der Waals surface area contributed by atoms with Gasteiger partial charge < -0.3 is 4.90 Å². The Balaban J connectivity index is 0.000000617. The highest BCUT2D eigenvalue weighted by atomic mass is 16.1. The second kappa shape index (κ2) is 5.00. The first-order chi connectivity index (χ1) is 6.77. The molecule has 4 heteroatoms. The highest BCUT2D eigenvalue weighted by Crippen LogP contribution is 1.96. The first kappa shape index (κ1) is 11.0. The second-order valence-electron chi connectivity index (χ2n) is 3.24. The van der Waals surface area contributed by atoms with Crippen molar-refractivity contribution < 1.29 is 1.43 Å². The van der Waals surface area contributed by atoms with Crippen molar-refractivity contribution in [2.75, 3.05) is 20.1 Å². The molecule has 0 unspecified atom stereocenters. The fourth-order valence-electron chi connectivity index (χ4n) is 1.53. The summed E-state index contributed by atoms with van der Waals surface area (Å²) in [4.78, 5) is 13.5. The van der Waals surface area contributed by atoms with Crippen LogP contribution in [0.5, 0.6) is 0 Å². The summed E-state index contributed by atoms with van der Waals surface area (Å²) < 4.78 is 3.79. The molecule has 0 atom stereocenters. The third-order valence-corrected chi connectivity index (χ3v) is 2.36. The van der Waals surface area contributed by atoms with Gasteiger partial charge in [0.2, 0.25) is 0 Å². The summed E-state index contributed by atoms with van der Waals surface area (Å²) in [7, 11) is 2.08. The largest absolute Gasteiger partial charge is 0.303 e. The molecular weight excluding hydrogens is 178 g/mol. The van der Waals surface area contributed by atoms with Gasteiger partial charge in [0.1, 0.15) is 0 Å². The molecule has 0 bridgehead atoms. The van der Waals surface area contributed by atoms with Crippen molar-refractivity contribution in [3.05, 3.63) is 22.6 Å². The van der Waals surface area contributed by atoms with Gasteiger partial charge in [-0.2, -0.15) is 0 Å². The van der Waals surface area contributed by atoms with Crippen molar-refractivity contribution in [2.45, 2.75) is 26.9 Å². The van der Waals surface area contributed by atoms with Crippen LogP contribution in [0.1, 0.15) is 15.3 Å². The summed E-state index contributed by atoms with van der Waals surface area (Å²) >= 11 is 0. The van der Waals surface area contributed by atoms with Crippen LogP contribution in [0.15, 0.2) is 17.1 Å². The number of fused-ring (bicyclic) bond motifs is 1. The average molecular weight is 199 g/mol. The van der Waals surface area contributed by atoms with Gasteiger partial charge in [-0.1, -0.05) is 13.8 Å². The SMILES string of the molecule is CC.CN1CCn2ccc(=O)n2CC1.[HH]. The minimum Gasteiger partial charge on any atom is -0.303 e. The van der Waals surface area contributed by atoms with E-state index in [1.165, 1.54) is 0 Å². The topological polar surface area (TPSA) is 30.2 Å². The van der Waals surface area contributed by atoms with E-state index in [-0.39, 0.29) is 6.99 Å². The Morgan fingerprint density at radius 2 is 1.86 bits per heavy atom. The van der Waals surface area contributed by atoms with E-state index in [0.29, 0.717) is 0 Å². The van der Waals surface area contributed by atoms with Crippen molar-refractivity contribution in [3.8, 4) is 0 Å². The van der Waals surface area contributed by atoms with E-state index in [4.69, 9.17) is 0 Å². The Morgan fingerprint density at radius 1 is 1.21 bits per heavy atom. The number of hydrogen-bond acceptors (Lipinski definition) is 2. The molecule has 2 heterocycles. The zero-order valence-corrected chi connectivity index (χ0v) is 9.23. The van der Waals surface area contributed by atoms with Gasteiger partial charge >= 0.3 is 0 Å². The molecule has 0 radical (unpaired) electrons. The van der Waals surface area contributed by atoms with E-state index in [2.05, 4.69) is 11.9 Å². The zero-order chi connectivity index (χ0) is 10.6. The minimum absolute atomic E-state index is 0. The predicted molar refractivity (Wildman–Crippen MR) is 59.7 cm³/mol. The van der Waals surface area contributed by atoms with Crippen molar-refractivity contribution in [1.82, 2.24) is 14.3 Å². The molecule has 0 fully saturated rings. The molecule has 0 aliphatic carbocycles. The van der Waals surface area contributed by atoms with Gasteiger partial charge in [0.15, 0.2) is 0 Å². The van der Waals surface area contributed by atoms with Gasteiger partial charge in [-0.05, 0) is 7.05 Å². The third-order valence-electron chi connectivity index (χ3n) is 2.36. The molecule has 0 saturated carbocycles. The summed E-state index contributed by atoms with van der Waals surface area (Å²) in [6.45, 7) is 7.71. The van der Waals surface area contributed by atoms with Gasteiger partial charge in [0.05, 0.1) is 13.1 Å². The maximum atomic E-state index is 11.2. The van der Waals surface area contributed by atoms with Crippen molar-refractivity contribution in [3.63, 3.8) is 0 Å². The standard InChI is InChI=1S/C8H13N3O.C2H6.H2/c1-9-4-6-10-3-2-8(12)11(10)7-5-9;1-2;/h2-3H,4-7H2,1H3;1-2H3;1H. The molecule has 1 aliphatic heterocycles. The zero-order valence-electron chi connectivity index (χ0n) is 9.23. The molecular formula is C10H21N3O. The lowest BCUT2D eigenvalue weighted by atomic mass is 10.5. The lowest BCUT2D eigenvalue weighted by Crippen LogP contribution is -2.24. The van der Waals surface area contributed by atoms with Gasteiger partial charge in [0, 0.05) is 26.8 Å². The number of likely N-dealkylation sites (N-methyl/N-ethyl adjacent to an activating group) is 1. The van der Waals surface area contributed by atoms with E-state index in [9.17, 15) is 4.79 Å². The molecule has 1 aromatic rings. The summed E-state index contributed by atoms with van der Waals surface area (Å²) in [5, 5.41) is 0. The molecule has 0 aromatic carbocycles. The van der Waals surface area contributed by atoms with Crippen LogP contribution < -0.4 is 5.56 Å². The Morgan fingerprint density at radius 3 is 2.57 bits per heavy atom. The van der Waals surface area contributed by atoms with Crippen LogP contribution in [0.25, 0.3) is 0 Å². The van der Waals surface area contributed by atoms with Gasteiger partial charge in [0.25, 0.3) is 5.56 Å². The fraction of sp³-hybridized carbons (Fsp3) is 0.700. The van der Waals surface area contributed by atoms with Crippen LogP contribution in [0, 0.1) is 0 Å². The number of hydrogen-bond donors (Lipinski definition) is 0. The third kappa shape index (κ3) is 2.26. The molecule has 0 N–H and O–H groups in total. The van der Waals surface area contributed by atoms with Crippen LogP contribution in [0.4, 0.5) is 0 Å². The normalized spacial score (nSPS) is 16.5. The van der Waals surface area contributed by atoms with E-state index >= 15 is 0 Å². The number of nitrogens with zero attached hydrogens (tertiary/aromatic N) is 3. The summed E-state index contributed by atoms with van der Waals surface area (Å²) in [5.41, 5.74) is 0.116. The maximum absolute atomic E-state index is 11.2. The highest BCUT2D eigenvalue weighted by molar-refractivity contribution is 4.85. The minimum atomic E-state index is 0. The smallest absolute Gasteiger partial charge is 0.266 e. The van der Waals surface area contributed by atoms with Crippen LogP contribution in [-0.2, 0) is 13.1 Å². The molecule has 0 saturated heterocycles. The Labute approximate surface area is 86.2 Å². The quantitative estimate of drug-likeness (QED) is 0.620. The molecule has 0 spiro atoms. The van der Waals surface area contributed by atoms with E-state index in [1.807, 2.05) is 24.7 Å². The molecule has 0 amide bonds. The summed E-state index contributed by atoms with van der Waals surface area (Å²) in [5.74, 6) is 0. The molecule has 4 nitrogen and oxygen atoms in total.